The zero-order valence-electron chi connectivity index (χ0n) is 24.6. The van der Waals surface area contributed by atoms with Gasteiger partial charge in [0.25, 0.3) is 20.0 Å². The Morgan fingerprint density at radius 2 is 1.27 bits per heavy atom. The van der Waals surface area contributed by atoms with E-state index in [4.69, 9.17) is 18.9 Å². The molecule has 4 rings (SSSR count). The number of benzene rings is 4. The maximum Gasteiger partial charge on any atom is 0.265 e. The smallest absolute Gasteiger partial charge is 0.265 e. The fourth-order valence-corrected chi connectivity index (χ4v) is 6.67. The Kier molecular flexibility index (Phi) is 10.0. The van der Waals surface area contributed by atoms with Crippen molar-refractivity contribution in [3.63, 3.8) is 0 Å². The summed E-state index contributed by atoms with van der Waals surface area (Å²) in [7, 11) is -2.91. The van der Waals surface area contributed by atoms with Gasteiger partial charge < -0.3 is 24.3 Å². The molecule has 0 unspecified atom stereocenters. The number of anilines is 3. The van der Waals surface area contributed by atoms with E-state index in [2.05, 4.69) is 10.0 Å². The van der Waals surface area contributed by atoms with Gasteiger partial charge in [-0.2, -0.15) is 0 Å². The molecule has 0 radical (unpaired) electrons. The molecule has 0 aliphatic rings. The van der Waals surface area contributed by atoms with Gasteiger partial charge in [-0.1, -0.05) is 0 Å². The van der Waals surface area contributed by atoms with E-state index in [-0.39, 0.29) is 38.4 Å². The molecule has 1 amide bonds. The fourth-order valence-electron chi connectivity index (χ4n) is 4.18. The second kappa shape index (κ2) is 13.7. The standard InChI is InChI=1S/C30H30FN3O9S2/c1-40-23-11-15-27(41-2)26(17-23)34(45(38,39)25-14-16-28(42-3)29(18-25)43-4)19-30(35)32-21-9-12-24(13-10-21)44(36,37)33-22-7-5-20(31)6-8-22/h5-18,33H,19H2,1-4H3,(H,32,35). The lowest BCUT2D eigenvalue weighted by atomic mass is 10.2. The van der Waals surface area contributed by atoms with Crippen LogP contribution < -0.4 is 33.3 Å². The third-order valence-electron chi connectivity index (χ3n) is 6.43. The van der Waals surface area contributed by atoms with Crippen molar-refractivity contribution in [3.05, 3.63) is 90.7 Å². The first kappa shape index (κ1) is 32.9. The molecule has 0 aromatic heterocycles. The Hall–Kier alpha value is -5.02. The van der Waals surface area contributed by atoms with Crippen LogP contribution in [0.3, 0.4) is 0 Å². The van der Waals surface area contributed by atoms with Crippen LogP contribution in [-0.4, -0.2) is 57.7 Å². The van der Waals surface area contributed by atoms with E-state index >= 15 is 0 Å². The summed E-state index contributed by atoms with van der Waals surface area (Å²) in [5.74, 6) is -0.342. The van der Waals surface area contributed by atoms with Crippen molar-refractivity contribution in [1.29, 1.82) is 0 Å². The van der Waals surface area contributed by atoms with Crippen LogP contribution in [0.5, 0.6) is 23.0 Å². The van der Waals surface area contributed by atoms with Crippen molar-refractivity contribution < 1.29 is 45.0 Å². The number of carbonyl (C=O) groups excluding carboxylic acids is 1. The third-order valence-corrected chi connectivity index (χ3v) is 9.58. The molecular weight excluding hydrogens is 629 g/mol. The topological polar surface area (TPSA) is 150 Å². The van der Waals surface area contributed by atoms with Gasteiger partial charge in [-0.05, 0) is 72.8 Å². The normalized spacial score (nSPS) is 11.3. The van der Waals surface area contributed by atoms with Crippen LogP contribution in [0.4, 0.5) is 21.5 Å². The Morgan fingerprint density at radius 3 is 1.87 bits per heavy atom. The quantitative estimate of drug-likeness (QED) is 0.212. The lowest BCUT2D eigenvalue weighted by Crippen LogP contribution is -2.38. The van der Waals surface area contributed by atoms with Crippen molar-refractivity contribution in [2.45, 2.75) is 9.79 Å². The maximum atomic E-state index is 14.0. The van der Waals surface area contributed by atoms with Crippen molar-refractivity contribution in [2.75, 3.05) is 49.3 Å². The predicted octanol–water partition coefficient (Wildman–Crippen LogP) is 4.49. The highest BCUT2D eigenvalue weighted by Gasteiger charge is 2.31. The number of sulfonamides is 2. The molecule has 45 heavy (non-hydrogen) atoms. The number of nitrogens with zero attached hydrogens (tertiary/aromatic N) is 1. The minimum absolute atomic E-state index is 0.0232. The maximum absolute atomic E-state index is 14.0. The van der Waals surface area contributed by atoms with Crippen LogP contribution in [-0.2, 0) is 24.8 Å². The van der Waals surface area contributed by atoms with Gasteiger partial charge in [0.05, 0.1) is 43.9 Å². The van der Waals surface area contributed by atoms with E-state index in [0.29, 0.717) is 11.5 Å². The summed E-state index contributed by atoms with van der Waals surface area (Å²) in [5.41, 5.74) is 0.384. The Balaban J connectivity index is 1.63. The lowest BCUT2D eigenvalue weighted by molar-refractivity contribution is -0.114. The number of hydrogen-bond donors (Lipinski definition) is 2. The molecule has 4 aromatic rings. The summed E-state index contributed by atoms with van der Waals surface area (Å²) in [4.78, 5) is 13.0. The van der Waals surface area contributed by atoms with Crippen LogP contribution >= 0.6 is 0 Å². The molecule has 0 aliphatic carbocycles. The van der Waals surface area contributed by atoms with Crippen molar-refractivity contribution in [2.24, 2.45) is 0 Å². The van der Waals surface area contributed by atoms with E-state index < -0.39 is 38.3 Å². The molecule has 0 heterocycles. The zero-order chi connectivity index (χ0) is 32.8. The molecule has 238 valence electrons. The van der Waals surface area contributed by atoms with E-state index in [0.717, 1.165) is 16.4 Å². The van der Waals surface area contributed by atoms with Crippen molar-refractivity contribution in [3.8, 4) is 23.0 Å². The van der Waals surface area contributed by atoms with Gasteiger partial charge in [-0.15, -0.1) is 0 Å². The molecule has 4 aromatic carbocycles. The van der Waals surface area contributed by atoms with Crippen molar-refractivity contribution in [1.82, 2.24) is 0 Å². The first-order valence-corrected chi connectivity index (χ1v) is 16.0. The summed E-state index contributed by atoms with van der Waals surface area (Å²) in [6.07, 6.45) is 0. The summed E-state index contributed by atoms with van der Waals surface area (Å²) in [6, 6.07) is 18.5. The van der Waals surface area contributed by atoms with Gasteiger partial charge >= 0.3 is 0 Å². The van der Waals surface area contributed by atoms with Crippen LogP contribution in [0.15, 0.2) is 94.7 Å². The average molecular weight is 660 g/mol. The second-order valence-electron chi connectivity index (χ2n) is 9.25. The molecule has 0 aliphatic heterocycles. The number of rotatable bonds is 13. The monoisotopic (exact) mass is 659 g/mol. The number of carbonyl (C=O) groups is 1. The Labute approximate surface area is 260 Å². The molecule has 2 N–H and O–H groups in total. The van der Waals surface area contributed by atoms with Gasteiger partial charge in [0.1, 0.15) is 23.9 Å². The van der Waals surface area contributed by atoms with Gasteiger partial charge in [-0.25, -0.2) is 21.2 Å². The van der Waals surface area contributed by atoms with Crippen LogP contribution in [0, 0.1) is 5.82 Å². The van der Waals surface area contributed by atoms with Crippen LogP contribution in [0.2, 0.25) is 0 Å². The van der Waals surface area contributed by atoms with Gasteiger partial charge in [0, 0.05) is 23.5 Å². The first-order chi connectivity index (χ1) is 21.4. The molecular formula is C30H30FN3O9S2. The Morgan fingerprint density at radius 1 is 0.689 bits per heavy atom. The minimum atomic E-state index is -4.42. The molecule has 0 spiro atoms. The number of methoxy groups -OCH3 is 4. The molecule has 15 heteroatoms. The van der Waals surface area contributed by atoms with Crippen LogP contribution in [0.25, 0.3) is 0 Å². The molecule has 0 fully saturated rings. The average Bonchev–Trinajstić information content (AvgIpc) is 3.04. The second-order valence-corrected chi connectivity index (χ2v) is 12.8. The fraction of sp³-hybridized carbons (Fsp3) is 0.167. The van der Waals surface area contributed by atoms with E-state index in [1.54, 1.807) is 6.07 Å². The summed E-state index contributed by atoms with van der Waals surface area (Å²) >= 11 is 0. The number of halogens is 1. The van der Waals surface area contributed by atoms with Gasteiger partial charge in [0.15, 0.2) is 11.5 Å². The summed E-state index contributed by atoms with van der Waals surface area (Å²) < 4.78 is 91.2. The molecule has 12 nitrogen and oxygen atoms in total. The predicted molar refractivity (Wildman–Crippen MR) is 166 cm³/mol. The summed E-state index contributed by atoms with van der Waals surface area (Å²) in [6.45, 7) is -0.702. The van der Waals surface area contributed by atoms with E-state index in [1.807, 2.05) is 0 Å². The number of ether oxygens (including phenoxy) is 4. The summed E-state index contributed by atoms with van der Waals surface area (Å²) in [5, 5.41) is 2.59. The van der Waals surface area contributed by atoms with E-state index in [9.17, 15) is 26.0 Å². The molecule has 0 bridgehead atoms. The highest BCUT2D eigenvalue weighted by Crippen LogP contribution is 2.37. The molecule has 0 saturated heterocycles. The molecule has 0 saturated carbocycles. The van der Waals surface area contributed by atoms with Crippen LogP contribution in [0.1, 0.15) is 0 Å². The van der Waals surface area contributed by atoms with Gasteiger partial charge in [0.2, 0.25) is 5.91 Å². The highest BCUT2D eigenvalue weighted by atomic mass is 32.2. The third kappa shape index (κ3) is 7.56. The van der Waals surface area contributed by atoms with E-state index in [1.165, 1.54) is 95.2 Å². The number of amides is 1. The number of nitrogens with one attached hydrogen (secondary N) is 2. The highest BCUT2D eigenvalue weighted by molar-refractivity contribution is 7.93. The van der Waals surface area contributed by atoms with Crippen molar-refractivity contribution >= 4 is 43.0 Å². The lowest BCUT2D eigenvalue weighted by Gasteiger charge is -2.26. The molecule has 0 atom stereocenters. The van der Waals surface area contributed by atoms with Gasteiger partial charge in [-0.3, -0.25) is 13.8 Å². The largest absolute Gasteiger partial charge is 0.497 e. The zero-order valence-corrected chi connectivity index (χ0v) is 26.2. The minimum Gasteiger partial charge on any atom is -0.497 e. The Bertz CT molecular complexity index is 1890. The number of hydrogen-bond acceptors (Lipinski definition) is 9. The first-order valence-electron chi connectivity index (χ1n) is 13.1. The SMILES string of the molecule is COc1ccc(OC)c(N(CC(=O)Nc2ccc(S(=O)(=O)Nc3ccc(F)cc3)cc2)S(=O)(=O)c2ccc(OC)c(OC)c2)c1.